The normalized spacial score (nSPS) is 9.85. The van der Waals surface area contributed by atoms with Crippen molar-refractivity contribution in [3.63, 3.8) is 0 Å². The van der Waals surface area contributed by atoms with E-state index in [1.54, 1.807) is 31.2 Å². The van der Waals surface area contributed by atoms with Crippen LogP contribution in [0.1, 0.15) is 15.9 Å². The lowest BCUT2D eigenvalue weighted by Crippen LogP contribution is -2.20. The largest absolute Gasteiger partial charge is 0.478 e. The van der Waals surface area contributed by atoms with Crippen molar-refractivity contribution in [2.45, 2.75) is 6.92 Å². The molecule has 0 aliphatic rings. The van der Waals surface area contributed by atoms with Gasteiger partial charge in [-0.1, -0.05) is 24.3 Å². The summed E-state index contributed by atoms with van der Waals surface area (Å²) in [6.07, 6.45) is 0. The molecule has 0 bridgehead atoms. The lowest BCUT2D eigenvalue weighted by Gasteiger charge is -2.11. The molecule has 2 amide bonds. The van der Waals surface area contributed by atoms with E-state index < -0.39 is 12.0 Å². The highest BCUT2D eigenvalue weighted by Gasteiger charge is 2.11. The maximum Gasteiger partial charge on any atom is 0.336 e. The third kappa shape index (κ3) is 3.14. The zero-order valence-corrected chi connectivity index (χ0v) is 10.9. The topological polar surface area (TPSA) is 78.4 Å². The fourth-order valence-electron chi connectivity index (χ4n) is 1.81. The van der Waals surface area contributed by atoms with E-state index >= 15 is 0 Å². The lowest BCUT2D eigenvalue weighted by atomic mass is 10.1. The van der Waals surface area contributed by atoms with Gasteiger partial charge >= 0.3 is 12.0 Å². The molecule has 0 radical (unpaired) electrons. The minimum atomic E-state index is -1.02. The van der Waals surface area contributed by atoms with E-state index in [0.717, 1.165) is 0 Å². The second kappa shape index (κ2) is 5.88. The quantitative estimate of drug-likeness (QED) is 0.800. The highest BCUT2D eigenvalue weighted by Crippen LogP contribution is 2.19. The van der Waals surface area contributed by atoms with Crippen LogP contribution in [-0.2, 0) is 0 Å². The number of hydrogen-bond donors (Lipinski definition) is 3. The summed E-state index contributed by atoms with van der Waals surface area (Å²) >= 11 is 0. The zero-order valence-electron chi connectivity index (χ0n) is 10.9. The molecule has 0 atom stereocenters. The molecule has 0 heterocycles. The molecule has 0 aromatic heterocycles. The van der Waals surface area contributed by atoms with E-state index in [1.165, 1.54) is 6.07 Å². The Morgan fingerprint density at radius 2 is 1.65 bits per heavy atom. The molecule has 0 fully saturated rings. The van der Waals surface area contributed by atoms with Crippen LogP contribution >= 0.6 is 0 Å². The Kier molecular flexibility index (Phi) is 4.00. The second-order valence-corrected chi connectivity index (χ2v) is 4.23. The molecule has 0 spiro atoms. The minimum absolute atomic E-state index is 0.169. The predicted octanol–water partition coefficient (Wildman–Crippen LogP) is 3.34. The molecule has 20 heavy (non-hydrogen) atoms. The summed E-state index contributed by atoms with van der Waals surface area (Å²) in [5, 5.41) is 14.3. The van der Waals surface area contributed by atoms with E-state index in [2.05, 4.69) is 10.6 Å². The fraction of sp³-hybridized carbons (Fsp3) is 0.0667. The van der Waals surface area contributed by atoms with Crippen molar-refractivity contribution in [3.05, 3.63) is 59.7 Å². The van der Waals surface area contributed by atoms with Crippen molar-refractivity contribution in [2.75, 3.05) is 10.6 Å². The maximum absolute atomic E-state index is 11.8. The molecule has 102 valence electrons. The van der Waals surface area contributed by atoms with Gasteiger partial charge in [-0.3, -0.25) is 0 Å². The first-order valence-corrected chi connectivity index (χ1v) is 6.04. The molecule has 5 nitrogen and oxygen atoms in total. The van der Waals surface area contributed by atoms with Crippen molar-refractivity contribution in [3.8, 4) is 0 Å². The summed E-state index contributed by atoms with van der Waals surface area (Å²) < 4.78 is 0. The van der Waals surface area contributed by atoms with Crippen molar-refractivity contribution in [1.82, 2.24) is 0 Å². The molecule has 0 aliphatic carbocycles. The SMILES string of the molecule is Cc1c(NC(=O)Nc2ccccc2)cccc1C(=O)O. The van der Waals surface area contributed by atoms with Crippen molar-refractivity contribution in [2.24, 2.45) is 0 Å². The van der Waals surface area contributed by atoms with Gasteiger partial charge in [0.1, 0.15) is 0 Å². The number of amides is 2. The van der Waals surface area contributed by atoms with Crippen molar-refractivity contribution >= 4 is 23.4 Å². The number of nitrogens with one attached hydrogen (secondary N) is 2. The Morgan fingerprint density at radius 3 is 2.30 bits per heavy atom. The number of carbonyl (C=O) groups is 2. The van der Waals surface area contributed by atoms with Gasteiger partial charge in [0.05, 0.1) is 5.56 Å². The van der Waals surface area contributed by atoms with Crippen LogP contribution in [0.15, 0.2) is 48.5 Å². The molecule has 5 heteroatoms. The Morgan fingerprint density at radius 1 is 0.950 bits per heavy atom. The number of carbonyl (C=O) groups excluding carboxylic acids is 1. The number of rotatable bonds is 3. The number of carboxylic acid groups (broad SMARTS) is 1. The summed E-state index contributed by atoms with van der Waals surface area (Å²) in [7, 11) is 0. The van der Waals surface area contributed by atoms with Crippen molar-refractivity contribution in [1.29, 1.82) is 0 Å². The Labute approximate surface area is 116 Å². The molecular weight excluding hydrogens is 256 g/mol. The summed E-state index contributed by atoms with van der Waals surface area (Å²) in [6, 6.07) is 13.3. The molecule has 0 aliphatic heterocycles. The summed E-state index contributed by atoms with van der Waals surface area (Å²) in [5.41, 5.74) is 1.82. The zero-order chi connectivity index (χ0) is 14.5. The Hall–Kier alpha value is -2.82. The van der Waals surface area contributed by atoms with Gasteiger partial charge in [0, 0.05) is 11.4 Å². The number of anilines is 2. The molecule has 3 N–H and O–H groups in total. The minimum Gasteiger partial charge on any atom is -0.478 e. The van der Waals surface area contributed by atoms with Crippen LogP contribution in [0.4, 0.5) is 16.2 Å². The first kappa shape index (κ1) is 13.6. The number of para-hydroxylation sites is 1. The highest BCUT2D eigenvalue weighted by atomic mass is 16.4. The highest BCUT2D eigenvalue weighted by molar-refractivity contribution is 6.01. The van der Waals surface area contributed by atoms with Gasteiger partial charge in [-0.05, 0) is 36.8 Å². The first-order valence-electron chi connectivity index (χ1n) is 6.04. The van der Waals surface area contributed by atoms with Crippen LogP contribution in [0.25, 0.3) is 0 Å². The summed E-state index contributed by atoms with van der Waals surface area (Å²) in [6.45, 7) is 1.65. The monoisotopic (exact) mass is 270 g/mol. The average Bonchev–Trinajstić information content (AvgIpc) is 2.42. The Bertz CT molecular complexity index is 639. The average molecular weight is 270 g/mol. The fourth-order valence-corrected chi connectivity index (χ4v) is 1.81. The lowest BCUT2D eigenvalue weighted by molar-refractivity contribution is 0.0696. The maximum atomic E-state index is 11.8. The van der Waals surface area contributed by atoms with E-state index in [-0.39, 0.29) is 5.56 Å². The summed E-state index contributed by atoms with van der Waals surface area (Å²) in [5.74, 6) is -1.02. The van der Waals surface area contributed by atoms with E-state index in [1.807, 2.05) is 18.2 Å². The van der Waals surface area contributed by atoms with Crippen LogP contribution in [0.3, 0.4) is 0 Å². The van der Waals surface area contributed by atoms with Crippen LogP contribution < -0.4 is 10.6 Å². The number of aromatic carboxylic acids is 1. The van der Waals surface area contributed by atoms with Crippen molar-refractivity contribution < 1.29 is 14.7 Å². The van der Waals surface area contributed by atoms with Gasteiger partial charge in [-0.25, -0.2) is 9.59 Å². The van der Waals surface area contributed by atoms with Gasteiger partial charge in [0.15, 0.2) is 0 Å². The van der Waals surface area contributed by atoms with E-state index in [0.29, 0.717) is 16.9 Å². The summed E-state index contributed by atoms with van der Waals surface area (Å²) in [4.78, 5) is 22.9. The molecule has 2 aromatic carbocycles. The number of urea groups is 1. The number of carboxylic acids is 1. The molecule has 2 rings (SSSR count). The van der Waals surface area contributed by atoms with Crippen LogP contribution in [-0.4, -0.2) is 17.1 Å². The molecule has 0 saturated heterocycles. The van der Waals surface area contributed by atoms with Crippen LogP contribution in [0.5, 0.6) is 0 Å². The standard InChI is InChI=1S/C15H14N2O3/c1-10-12(14(18)19)8-5-9-13(10)17-15(20)16-11-6-3-2-4-7-11/h2-9H,1H3,(H,18,19)(H2,16,17,20). The van der Waals surface area contributed by atoms with Gasteiger partial charge < -0.3 is 15.7 Å². The number of benzene rings is 2. The molecule has 0 saturated carbocycles. The van der Waals surface area contributed by atoms with Gasteiger partial charge in [0.25, 0.3) is 0 Å². The van der Waals surface area contributed by atoms with E-state index in [4.69, 9.17) is 5.11 Å². The predicted molar refractivity (Wildman–Crippen MR) is 77.2 cm³/mol. The van der Waals surface area contributed by atoms with Crippen LogP contribution in [0, 0.1) is 6.92 Å². The van der Waals surface area contributed by atoms with Gasteiger partial charge in [-0.2, -0.15) is 0 Å². The molecule has 2 aromatic rings. The van der Waals surface area contributed by atoms with Gasteiger partial charge in [-0.15, -0.1) is 0 Å². The van der Waals surface area contributed by atoms with E-state index in [9.17, 15) is 9.59 Å². The third-order valence-corrected chi connectivity index (χ3v) is 2.84. The molecular formula is C15H14N2O3. The van der Waals surface area contributed by atoms with Crippen LogP contribution in [0.2, 0.25) is 0 Å². The Balaban J connectivity index is 2.12. The number of hydrogen-bond acceptors (Lipinski definition) is 2. The second-order valence-electron chi connectivity index (χ2n) is 4.23. The first-order chi connectivity index (χ1) is 9.58. The molecule has 0 unspecified atom stereocenters. The van der Waals surface area contributed by atoms with Gasteiger partial charge in [0.2, 0.25) is 0 Å². The smallest absolute Gasteiger partial charge is 0.336 e. The third-order valence-electron chi connectivity index (χ3n) is 2.84.